The minimum atomic E-state index is -0.136. The summed E-state index contributed by atoms with van der Waals surface area (Å²) in [6.45, 7) is 0. The van der Waals surface area contributed by atoms with Crippen molar-refractivity contribution < 1.29 is 4.42 Å². The predicted octanol–water partition coefficient (Wildman–Crippen LogP) is 2.67. The van der Waals surface area contributed by atoms with Gasteiger partial charge in [0.05, 0.1) is 0 Å². The Kier molecular flexibility index (Phi) is 1.88. The fourth-order valence-electron chi connectivity index (χ4n) is 2.39. The lowest BCUT2D eigenvalue weighted by Gasteiger charge is -2.15. The molecule has 0 aliphatic heterocycles. The summed E-state index contributed by atoms with van der Waals surface area (Å²) in [5, 5.41) is 1.12. The van der Waals surface area contributed by atoms with Crippen molar-refractivity contribution in [1.29, 1.82) is 0 Å². The van der Waals surface area contributed by atoms with E-state index in [2.05, 4.69) is 0 Å². The van der Waals surface area contributed by atoms with Gasteiger partial charge in [0.2, 0.25) is 0 Å². The molecular weight excluding hydrogens is 188 g/mol. The average molecular weight is 200 g/mol. The maximum Gasteiger partial charge on any atom is 0.339 e. The van der Waals surface area contributed by atoms with Crippen molar-refractivity contribution in [3.8, 4) is 0 Å². The topological polar surface area (TPSA) is 30.2 Å². The molecule has 1 aliphatic rings. The van der Waals surface area contributed by atoms with Gasteiger partial charge in [0, 0.05) is 10.9 Å². The molecule has 2 heteroatoms. The minimum Gasteiger partial charge on any atom is -0.423 e. The molecule has 0 bridgehead atoms. The minimum absolute atomic E-state index is 0.136. The summed E-state index contributed by atoms with van der Waals surface area (Å²) < 4.78 is 5.30. The Bertz CT molecular complexity index is 566. The predicted molar refractivity (Wildman–Crippen MR) is 59.1 cm³/mol. The summed E-state index contributed by atoms with van der Waals surface area (Å²) in [4.78, 5) is 11.7. The van der Waals surface area contributed by atoms with Crippen molar-refractivity contribution >= 4 is 11.0 Å². The molecule has 3 rings (SSSR count). The molecule has 1 aliphatic carbocycles. The zero-order valence-corrected chi connectivity index (χ0v) is 8.45. The first-order chi connectivity index (χ1) is 7.36. The van der Waals surface area contributed by atoms with Crippen LogP contribution < -0.4 is 5.63 Å². The van der Waals surface area contributed by atoms with Crippen LogP contribution in [0.5, 0.6) is 0 Å². The molecule has 15 heavy (non-hydrogen) atoms. The van der Waals surface area contributed by atoms with Gasteiger partial charge in [-0.15, -0.1) is 0 Å². The van der Waals surface area contributed by atoms with Crippen LogP contribution in [-0.4, -0.2) is 0 Å². The lowest BCUT2D eigenvalue weighted by Crippen LogP contribution is -2.15. The second kappa shape index (κ2) is 3.23. The summed E-state index contributed by atoms with van der Waals surface area (Å²) >= 11 is 0. The van der Waals surface area contributed by atoms with Crippen molar-refractivity contribution in [1.82, 2.24) is 0 Å². The van der Waals surface area contributed by atoms with Gasteiger partial charge >= 0.3 is 5.63 Å². The Morgan fingerprint density at radius 2 is 1.73 bits per heavy atom. The van der Waals surface area contributed by atoms with Gasteiger partial charge in [-0.25, -0.2) is 4.79 Å². The zero-order chi connectivity index (χ0) is 10.3. The molecule has 0 unspecified atom stereocenters. The quantitative estimate of drug-likeness (QED) is 0.612. The van der Waals surface area contributed by atoms with E-state index in [4.69, 9.17) is 4.42 Å². The van der Waals surface area contributed by atoms with Crippen LogP contribution >= 0.6 is 0 Å². The van der Waals surface area contributed by atoms with Crippen molar-refractivity contribution in [2.45, 2.75) is 25.7 Å². The molecule has 2 aromatic rings. The molecule has 76 valence electrons. The highest BCUT2D eigenvalue weighted by Gasteiger charge is 2.17. The third-order valence-corrected chi connectivity index (χ3v) is 3.13. The second-order valence-corrected chi connectivity index (χ2v) is 4.05. The monoisotopic (exact) mass is 200 g/mol. The Balaban J connectivity index is 2.44. The molecule has 0 fully saturated rings. The number of hydrogen-bond acceptors (Lipinski definition) is 2. The van der Waals surface area contributed by atoms with Gasteiger partial charge in [0.15, 0.2) is 0 Å². The first-order valence-electron chi connectivity index (χ1n) is 5.40. The molecule has 0 amide bonds. The summed E-state index contributed by atoms with van der Waals surface area (Å²) in [7, 11) is 0. The Labute approximate surface area is 87.5 Å². The van der Waals surface area contributed by atoms with E-state index in [0.717, 1.165) is 35.8 Å². The Morgan fingerprint density at radius 3 is 2.60 bits per heavy atom. The molecule has 0 saturated carbocycles. The van der Waals surface area contributed by atoms with E-state index in [-0.39, 0.29) is 5.63 Å². The van der Waals surface area contributed by atoms with Gasteiger partial charge in [-0.2, -0.15) is 0 Å². The third kappa shape index (κ3) is 1.29. The maximum absolute atomic E-state index is 11.7. The third-order valence-electron chi connectivity index (χ3n) is 3.13. The molecule has 2 nitrogen and oxygen atoms in total. The summed E-state index contributed by atoms with van der Waals surface area (Å²) in [6.07, 6.45) is 4.18. The van der Waals surface area contributed by atoms with Gasteiger partial charge in [-0.1, -0.05) is 18.2 Å². The molecule has 0 spiro atoms. The zero-order valence-electron chi connectivity index (χ0n) is 8.45. The van der Waals surface area contributed by atoms with Gasteiger partial charge in [0.25, 0.3) is 0 Å². The summed E-state index contributed by atoms with van der Waals surface area (Å²) in [5.41, 5.74) is 2.71. The molecule has 1 heterocycles. The lowest BCUT2D eigenvalue weighted by atomic mass is 9.91. The number of para-hydroxylation sites is 1. The lowest BCUT2D eigenvalue weighted by molar-refractivity contribution is 0.534. The van der Waals surface area contributed by atoms with Crippen molar-refractivity contribution in [3.05, 3.63) is 45.8 Å². The van der Waals surface area contributed by atoms with E-state index in [1.807, 2.05) is 24.3 Å². The maximum atomic E-state index is 11.7. The smallest absolute Gasteiger partial charge is 0.339 e. The van der Waals surface area contributed by atoms with Crippen molar-refractivity contribution in [2.75, 3.05) is 0 Å². The van der Waals surface area contributed by atoms with Crippen LogP contribution in [-0.2, 0) is 12.8 Å². The van der Waals surface area contributed by atoms with Crippen LogP contribution in [0.25, 0.3) is 11.0 Å². The molecule has 0 radical (unpaired) electrons. The van der Waals surface area contributed by atoms with Crippen LogP contribution in [0.15, 0.2) is 33.5 Å². The van der Waals surface area contributed by atoms with E-state index in [0.29, 0.717) is 0 Å². The number of aryl methyl sites for hydroxylation is 1. The van der Waals surface area contributed by atoms with Gasteiger partial charge in [-0.05, 0) is 37.3 Å². The standard InChI is InChI=1S/C13H12O2/c14-13-11-7-2-1-5-9(11)10-6-3-4-8-12(10)15-13/h3-4,6,8H,1-2,5,7H2. The molecule has 0 N–H and O–H groups in total. The van der Waals surface area contributed by atoms with Gasteiger partial charge in [-0.3, -0.25) is 0 Å². The van der Waals surface area contributed by atoms with Crippen molar-refractivity contribution in [3.63, 3.8) is 0 Å². The van der Waals surface area contributed by atoms with E-state index in [1.165, 1.54) is 12.0 Å². The first kappa shape index (κ1) is 8.72. The molecule has 1 aromatic carbocycles. The van der Waals surface area contributed by atoms with Crippen LogP contribution in [0.3, 0.4) is 0 Å². The number of hydrogen-bond donors (Lipinski definition) is 0. The SMILES string of the molecule is O=c1oc2ccccc2c2c1CCCC2. The highest BCUT2D eigenvalue weighted by Crippen LogP contribution is 2.26. The van der Waals surface area contributed by atoms with E-state index in [9.17, 15) is 4.79 Å². The van der Waals surface area contributed by atoms with Crippen LogP contribution in [0.1, 0.15) is 24.0 Å². The average Bonchev–Trinajstić information content (AvgIpc) is 2.30. The van der Waals surface area contributed by atoms with Crippen LogP contribution in [0.4, 0.5) is 0 Å². The fraction of sp³-hybridized carbons (Fsp3) is 0.308. The second-order valence-electron chi connectivity index (χ2n) is 4.05. The number of fused-ring (bicyclic) bond motifs is 3. The van der Waals surface area contributed by atoms with Crippen molar-refractivity contribution in [2.24, 2.45) is 0 Å². The summed E-state index contributed by atoms with van der Waals surface area (Å²) in [6, 6.07) is 7.81. The number of benzene rings is 1. The fourth-order valence-corrected chi connectivity index (χ4v) is 2.39. The van der Waals surface area contributed by atoms with E-state index in [1.54, 1.807) is 0 Å². The largest absolute Gasteiger partial charge is 0.423 e. The van der Waals surface area contributed by atoms with Crippen LogP contribution in [0.2, 0.25) is 0 Å². The van der Waals surface area contributed by atoms with E-state index < -0.39 is 0 Å². The first-order valence-corrected chi connectivity index (χ1v) is 5.40. The highest BCUT2D eigenvalue weighted by atomic mass is 16.4. The van der Waals surface area contributed by atoms with Crippen LogP contribution in [0, 0.1) is 0 Å². The Morgan fingerprint density at radius 1 is 1.00 bits per heavy atom. The highest BCUT2D eigenvalue weighted by molar-refractivity contribution is 5.81. The van der Waals surface area contributed by atoms with E-state index >= 15 is 0 Å². The summed E-state index contributed by atoms with van der Waals surface area (Å²) in [5.74, 6) is 0. The molecule has 0 atom stereocenters. The molecule has 0 saturated heterocycles. The van der Waals surface area contributed by atoms with Gasteiger partial charge < -0.3 is 4.42 Å². The molecule has 1 aromatic heterocycles. The van der Waals surface area contributed by atoms with Gasteiger partial charge in [0.1, 0.15) is 5.58 Å². The number of rotatable bonds is 0. The normalized spacial score (nSPS) is 15.2. The Hall–Kier alpha value is -1.57. The molecular formula is C13H12O2.